The van der Waals surface area contributed by atoms with Gasteiger partial charge in [0.2, 0.25) is 0 Å². The van der Waals surface area contributed by atoms with Gasteiger partial charge in [0.25, 0.3) is 0 Å². The van der Waals surface area contributed by atoms with Crippen LogP contribution >= 0.6 is 0 Å². The Morgan fingerprint density at radius 1 is 0.471 bits per heavy atom. The summed E-state index contributed by atoms with van der Waals surface area (Å²) in [5.74, 6) is 19.1. The topological polar surface area (TPSA) is 6.48 Å². The lowest BCUT2D eigenvalue weighted by Gasteiger charge is -2.39. The summed E-state index contributed by atoms with van der Waals surface area (Å²) >= 11 is 0. The molecule has 0 aliphatic rings. The van der Waals surface area contributed by atoms with Crippen molar-refractivity contribution in [2.24, 2.45) is 0 Å². The molecule has 0 aliphatic carbocycles. The summed E-state index contributed by atoms with van der Waals surface area (Å²) in [6.45, 7) is 17.3. The van der Waals surface area contributed by atoms with Crippen LogP contribution in [0.3, 0.4) is 0 Å². The van der Waals surface area contributed by atoms with Crippen LogP contribution in [0.2, 0.25) is 0 Å². The Morgan fingerprint density at radius 3 is 1.09 bits per heavy atom. The highest BCUT2D eigenvalue weighted by Crippen LogP contribution is 2.16. The molecule has 0 saturated heterocycles. The van der Waals surface area contributed by atoms with Crippen molar-refractivity contribution >= 4 is 0 Å². The molecule has 0 aromatic heterocycles. The van der Waals surface area contributed by atoms with Crippen molar-refractivity contribution in [3.05, 3.63) is 0 Å². The van der Waals surface area contributed by atoms with Gasteiger partial charge in [-0.2, -0.15) is 0 Å². The Bertz CT molecular complexity index is 648. The zero-order valence-corrected chi connectivity index (χ0v) is 23.4. The lowest BCUT2D eigenvalue weighted by Crippen LogP contribution is -2.49. The molecule has 0 saturated carbocycles. The van der Waals surface area contributed by atoms with Gasteiger partial charge in [-0.1, -0.05) is 37.5 Å². The molecule has 0 spiro atoms. The number of rotatable bonds is 15. The van der Waals surface area contributed by atoms with Crippen molar-refractivity contribution in [3.8, 4) is 48.4 Å². The van der Waals surface area contributed by atoms with Crippen LogP contribution in [0, 0.1) is 48.4 Å². The Kier molecular flexibility index (Phi) is 18.4. The van der Waals surface area contributed by atoms with Crippen molar-refractivity contribution in [2.75, 3.05) is 26.2 Å². The molecule has 190 valence electrons. The number of unbranched alkanes of at least 4 members (excludes halogenated alkanes) is 10. The van der Waals surface area contributed by atoms with Crippen LogP contribution in [0.1, 0.15) is 119 Å². The van der Waals surface area contributed by atoms with E-state index in [1.807, 2.05) is 0 Å². The second kappa shape index (κ2) is 19.5. The lowest BCUT2D eigenvalue weighted by atomic mass is 10.0. The molecule has 0 heterocycles. The number of terminal acetylenes is 2. The maximum Gasteiger partial charge on any atom is 0.0606 e. The molecule has 2 nitrogen and oxygen atoms in total. The quantitative estimate of drug-likeness (QED) is 0.188. The van der Waals surface area contributed by atoms with Gasteiger partial charge in [0, 0.05) is 49.9 Å². The molecule has 0 amide bonds. The zero-order chi connectivity index (χ0) is 25.7. The molecule has 0 aromatic carbocycles. The predicted octanol–water partition coefficient (Wildman–Crippen LogP) is 7.14. The maximum absolute atomic E-state index is 5.31. The van der Waals surface area contributed by atoms with E-state index < -0.39 is 0 Å². The van der Waals surface area contributed by atoms with Gasteiger partial charge in [-0.25, -0.2) is 0 Å². The van der Waals surface area contributed by atoms with E-state index in [0.717, 1.165) is 64.7 Å². The van der Waals surface area contributed by atoms with Gasteiger partial charge in [0.1, 0.15) is 0 Å². The largest absolute Gasteiger partial charge is 0.286 e. The number of nitrogens with zero attached hydrogens (tertiary/aromatic N) is 2. The van der Waals surface area contributed by atoms with Crippen LogP contribution in [0.15, 0.2) is 0 Å². The fourth-order valence-corrected chi connectivity index (χ4v) is 3.61. The van der Waals surface area contributed by atoms with Crippen LogP contribution in [-0.2, 0) is 0 Å². The fraction of sp³-hybridized carbons (Fsp3) is 0.750. The minimum Gasteiger partial charge on any atom is -0.286 e. The summed E-state index contributed by atoms with van der Waals surface area (Å²) in [5.41, 5.74) is 0.192. The molecule has 0 atom stereocenters. The molecule has 0 unspecified atom stereocenters. The summed E-state index contributed by atoms with van der Waals surface area (Å²) in [6, 6.07) is 0. The molecule has 2 heteroatoms. The number of hydrogen-bond acceptors (Lipinski definition) is 2. The molecule has 0 aliphatic heterocycles. The molecular weight excluding hydrogens is 412 g/mol. The molecule has 0 aromatic rings. The van der Waals surface area contributed by atoms with Gasteiger partial charge in [-0.05, 0) is 67.2 Å². The van der Waals surface area contributed by atoms with E-state index in [9.17, 15) is 0 Å². The Labute approximate surface area is 214 Å². The molecule has 0 rings (SSSR count). The van der Waals surface area contributed by atoms with Gasteiger partial charge in [0.05, 0.1) is 13.1 Å². The third kappa shape index (κ3) is 18.6. The molecule has 0 N–H and O–H groups in total. The maximum atomic E-state index is 5.31. The van der Waals surface area contributed by atoms with Crippen molar-refractivity contribution in [3.63, 3.8) is 0 Å². The summed E-state index contributed by atoms with van der Waals surface area (Å²) in [7, 11) is 0. The highest BCUT2D eigenvalue weighted by molar-refractivity contribution is 5.04. The summed E-state index contributed by atoms with van der Waals surface area (Å²) < 4.78 is 0. The van der Waals surface area contributed by atoms with E-state index in [1.54, 1.807) is 0 Å². The molecule has 0 bridgehead atoms. The second-order valence-corrected chi connectivity index (χ2v) is 11.1. The van der Waals surface area contributed by atoms with Gasteiger partial charge >= 0.3 is 0 Å². The SMILES string of the molecule is C#CCCCCCCC#CCN(CCN(CC#CCCCCCCC#C)C(C)(C)C)C(C)(C)C. The highest BCUT2D eigenvalue weighted by Gasteiger charge is 2.24. The van der Waals surface area contributed by atoms with Crippen molar-refractivity contribution in [1.82, 2.24) is 9.80 Å². The molecular formula is C32H52N2. The molecule has 34 heavy (non-hydrogen) atoms. The van der Waals surface area contributed by atoms with E-state index in [1.165, 1.54) is 38.5 Å². The van der Waals surface area contributed by atoms with Gasteiger partial charge in [0.15, 0.2) is 0 Å². The first-order valence-corrected chi connectivity index (χ1v) is 13.4. The average molecular weight is 465 g/mol. The Balaban J connectivity index is 4.55. The van der Waals surface area contributed by atoms with E-state index in [0.29, 0.717) is 0 Å². The number of hydrogen-bond donors (Lipinski definition) is 0. The van der Waals surface area contributed by atoms with Crippen molar-refractivity contribution in [2.45, 2.75) is 130 Å². The Hall–Kier alpha value is -1.84. The van der Waals surface area contributed by atoms with Crippen LogP contribution < -0.4 is 0 Å². The minimum atomic E-state index is 0.0958. The van der Waals surface area contributed by atoms with Crippen LogP contribution in [0.25, 0.3) is 0 Å². The fourth-order valence-electron chi connectivity index (χ4n) is 3.61. The predicted molar refractivity (Wildman–Crippen MR) is 151 cm³/mol. The van der Waals surface area contributed by atoms with Gasteiger partial charge in [-0.15, -0.1) is 36.5 Å². The van der Waals surface area contributed by atoms with Crippen LogP contribution in [0.4, 0.5) is 0 Å². The first kappa shape index (κ1) is 32.2. The first-order valence-electron chi connectivity index (χ1n) is 13.4. The third-order valence-corrected chi connectivity index (χ3v) is 6.07. The van der Waals surface area contributed by atoms with E-state index >= 15 is 0 Å². The first-order chi connectivity index (χ1) is 16.1. The Morgan fingerprint density at radius 2 is 0.794 bits per heavy atom. The zero-order valence-electron chi connectivity index (χ0n) is 23.4. The average Bonchev–Trinajstić information content (AvgIpc) is 2.75. The van der Waals surface area contributed by atoms with Crippen molar-refractivity contribution < 1.29 is 0 Å². The van der Waals surface area contributed by atoms with E-state index in [4.69, 9.17) is 12.8 Å². The lowest BCUT2D eigenvalue weighted by molar-refractivity contribution is 0.0973. The minimum absolute atomic E-state index is 0.0958. The van der Waals surface area contributed by atoms with Crippen molar-refractivity contribution in [1.29, 1.82) is 0 Å². The normalized spacial score (nSPS) is 11.4. The smallest absolute Gasteiger partial charge is 0.0606 e. The standard InChI is InChI=1S/C32H52N2/c1-9-11-13-15-17-19-21-23-25-27-33(31(3,4)5)29-30-34(32(6,7)8)28-26-24-22-20-18-16-14-12-10-2/h1-2H,11-22,27-30H2,3-8H3. The molecule has 0 fully saturated rings. The summed E-state index contributed by atoms with van der Waals surface area (Å²) in [6.07, 6.45) is 23.9. The van der Waals surface area contributed by atoms with E-state index in [2.05, 4.69) is 86.9 Å². The van der Waals surface area contributed by atoms with Crippen LogP contribution in [-0.4, -0.2) is 47.1 Å². The second-order valence-electron chi connectivity index (χ2n) is 11.1. The summed E-state index contributed by atoms with van der Waals surface area (Å²) in [4.78, 5) is 4.99. The molecule has 0 radical (unpaired) electrons. The monoisotopic (exact) mass is 464 g/mol. The van der Waals surface area contributed by atoms with Crippen LogP contribution in [0.5, 0.6) is 0 Å². The van der Waals surface area contributed by atoms with Gasteiger partial charge in [-0.3, -0.25) is 9.80 Å². The third-order valence-electron chi connectivity index (χ3n) is 6.07. The van der Waals surface area contributed by atoms with E-state index in [-0.39, 0.29) is 11.1 Å². The highest BCUT2D eigenvalue weighted by atomic mass is 15.2. The van der Waals surface area contributed by atoms with Gasteiger partial charge < -0.3 is 0 Å². The summed E-state index contributed by atoms with van der Waals surface area (Å²) in [5, 5.41) is 0.